The van der Waals surface area contributed by atoms with Gasteiger partial charge in [0.05, 0.1) is 25.5 Å². The highest BCUT2D eigenvalue weighted by atomic mass is 35.5. The maximum Gasteiger partial charge on any atom is 0.305 e. The fraction of sp³-hybridized carbons (Fsp3) is 0.567. The molecule has 3 heterocycles. The minimum absolute atomic E-state index is 0. The van der Waals surface area contributed by atoms with Gasteiger partial charge < -0.3 is 25.4 Å². The molecule has 1 amide bonds. The molecule has 1 aromatic carbocycles. The number of benzene rings is 1. The Kier molecular flexibility index (Phi) is 11.4. The zero-order valence-electron chi connectivity index (χ0n) is 23.4. The number of carbonyl (C=O) groups is 2. The fourth-order valence-electron chi connectivity index (χ4n) is 5.67. The number of carboxylic acid groups (broad SMARTS) is 1. The van der Waals surface area contributed by atoms with Crippen molar-refractivity contribution in [2.75, 3.05) is 38.6 Å². The predicted octanol–water partition coefficient (Wildman–Crippen LogP) is 4.97. The van der Waals surface area contributed by atoms with Crippen LogP contribution in [0.25, 0.3) is 0 Å². The van der Waals surface area contributed by atoms with Crippen LogP contribution < -0.4 is 15.4 Å². The van der Waals surface area contributed by atoms with Gasteiger partial charge in [-0.3, -0.25) is 9.59 Å². The van der Waals surface area contributed by atoms with E-state index in [1.54, 1.807) is 7.11 Å². The maximum absolute atomic E-state index is 13.4. The summed E-state index contributed by atoms with van der Waals surface area (Å²) in [6.07, 6.45) is 5.76. The summed E-state index contributed by atoms with van der Waals surface area (Å²) < 4.78 is 5.40. The first-order valence-electron chi connectivity index (χ1n) is 14.0. The van der Waals surface area contributed by atoms with Crippen molar-refractivity contribution in [3.8, 4) is 5.75 Å². The Bertz CT molecular complexity index is 1130. The van der Waals surface area contributed by atoms with E-state index in [1.165, 1.54) is 5.56 Å². The van der Waals surface area contributed by atoms with E-state index in [0.29, 0.717) is 12.3 Å². The fourth-order valence-corrected chi connectivity index (χ4v) is 5.67. The summed E-state index contributed by atoms with van der Waals surface area (Å²) in [5.41, 5.74) is 4.25. The molecule has 3 N–H and O–H groups in total. The van der Waals surface area contributed by atoms with Crippen molar-refractivity contribution in [1.82, 2.24) is 15.2 Å². The third-order valence-electron chi connectivity index (χ3n) is 7.72. The molecular weight excluding hydrogens is 516 g/mol. The van der Waals surface area contributed by atoms with Crippen LogP contribution in [0.2, 0.25) is 0 Å². The summed E-state index contributed by atoms with van der Waals surface area (Å²) in [6, 6.07) is 9.45. The van der Waals surface area contributed by atoms with E-state index in [9.17, 15) is 14.7 Å². The number of anilines is 1. The van der Waals surface area contributed by atoms with Gasteiger partial charge in [0, 0.05) is 18.8 Å². The van der Waals surface area contributed by atoms with Crippen LogP contribution >= 0.6 is 12.4 Å². The number of hydrogen-bond donors (Lipinski definition) is 3. The quantitative estimate of drug-likeness (QED) is 0.358. The topological polar surface area (TPSA) is 104 Å². The third kappa shape index (κ3) is 8.32. The Hall–Kier alpha value is -2.84. The number of nitrogens with one attached hydrogen (secondary N) is 2. The van der Waals surface area contributed by atoms with E-state index in [0.717, 1.165) is 80.8 Å². The van der Waals surface area contributed by atoms with Crippen LogP contribution in [0.5, 0.6) is 5.75 Å². The normalized spacial score (nSPS) is 17.9. The standard InChI is InChI=1S/C30H42N4O4.ClH/c1-20(2)25-13-12-24(38-3)17-26(25)27(18-28(35)36)33-30(37)22-8-5-15-34(19-22)16-6-9-23-11-10-21-7-4-14-31-29(21)32-23;/h10-13,17,20,22,27H,4-9,14-16,18-19H2,1-3H3,(H,31,32)(H,33,37)(H,35,36);1H/t22-,27?;/m1./s1. The molecule has 214 valence electrons. The number of rotatable bonds is 11. The van der Waals surface area contributed by atoms with Gasteiger partial charge in [0.25, 0.3) is 0 Å². The second kappa shape index (κ2) is 14.5. The molecule has 0 aliphatic carbocycles. The Morgan fingerprint density at radius 3 is 2.77 bits per heavy atom. The number of aryl methyl sites for hydroxylation is 2. The number of fused-ring (bicyclic) bond motifs is 1. The molecule has 4 rings (SSSR count). The molecule has 2 aromatic rings. The largest absolute Gasteiger partial charge is 0.497 e. The monoisotopic (exact) mass is 558 g/mol. The number of pyridine rings is 1. The molecular formula is C30H43ClN4O4. The molecule has 1 fully saturated rings. The number of piperidine rings is 1. The van der Waals surface area contributed by atoms with Crippen molar-refractivity contribution in [2.24, 2.45) is 5.92 Å². The average Bonchev–Trinajstić information content (AvgIpc) is 2.92. The first kappa shape index (κ1) is 30.7. The van der Waals surface area contributed by atoms with E-state index in [2.05, 4.69) is 41.5 Å². The van der Waals surface area contributed by atoms with Gasteiger partial charge in [0.2, 0.25) is 5.91 Å². The summed E-state index contributed by atoms with van der Waals surface area (Å²) in [4.78, 5) is 32.3. The number of halogens is 1. The molecule has 0 spiro atoms. The Balaban J connectivity index is 0.00000420. The number of carboxylic acids is 1. The number of amides is 1. The molecule has 2 aliphatic heterocycles. The summed E-state index contributed by atoms with van der Waals surface area (Å²) >= 11 is 0. The second-order valence-corrected chi connectivity index (χ2v) is 10.9. The van der Waals surface area contributed by atoms with Crippen LogP contribution in [-0.4, -0.2) is 60.2 Å². The maximum atomic E-state index is 13.4. The van der Waals surface area contributed by atoms with E-state index >= 15 is 0 Å². The van der Waals surface area contributed by atoms with Gasteiger partial charge in [-0.1, -0.05) is 26.0 Å². The van der Waals surface area contributed by atoms with Crippen LogP contribution in [-0.2, 0) is 22.4 Å². The highest BCUT2D eigenvalue weighted by Gasteiger charge is 2.29. The van der Waals surface area contributed by atoms with Crippen molar-refractivity contribution in [1.29, 1.82) is 0 Å². The lowest BCUT2D eigenvalue weighted by Gasteiger charge is -2.33. The molecule has 0 radical (unpaired) electrons. The molecule has 0 bridgehead atoms. The number of nitrogens with zero attached hydrogens (tertiary/aromatic N) is 2. The number of hydrogen-bond acceptors (Lipinski definition) is 6. The number of aromatic nitrogens is 1. The van der Waals surface area contributed by atoms with Crippen molar-refractivity contribution >= 4 is 30.1 Å². The summed E-state index contributed by atoms with van der Waals surface area (Å²) in [6.45, 7) is 7.72. The van der Waals surface area contributed by atoms with Gasteiger partial charge in [-0.2, -0.15) is 0 Å². The van der Waals surface area contributed by atoms with Crippen molar-refractivity contribution in [3.63, 3.8) is 0 Å². The highest BCUT2D eigenvalue weighted by molar-refractivity contribution is 5.85. The molecule has 1 aromatic heterocycles. The lowest BCUT2D eigenvalue weighted by Crippen LogP contribution is -2.44. The Labute approximate surface area is 238 Å². The van der Waals surface area contributed by atoms with E-state index in [-0.39, 0.29) is 36.6 Å². The minimum atomic E-state index is -0.941. The van der Waals surface area contributed by atoms with Gasteiger partial charge in [0.15, 0.2) is 0 Å². The van der Waals surface area contributed by atoms with Gasteiger partial charge in [0.1, 0.15) is 11.6 Å². The second-order valence-electron chi connectivity index (χ2n) is 10.9. The predicted molar refractivity (Wildman–Crippen MR) is 156 cm³/mol. The van der Waals surface area contributed by atoms with E-state index < -0.39 is 12.0 Å². The molecule has 0 saturated carbocycles. The van der Waals surface area contributed by atoms with Crippen LogP contribution in [0, 0.1) is 5.92 Å². The number of likely N-dealkylation sites (tertiary alicyclic amines) is 1. The van der Waals surface area contributed by atoms with Crippen molar-refractivity contribution in [3.05, 3.63) is 52.7 Å². The highest BCUT2D eigenvalue weighted by Crippen LogP contribution is 2.31. The number of methoxy groups -OCH3 is 1. The van der Waals surface area contributed by atoms with Gasteiger partial charge in [-0.15, -0.1) is 12.4 Å². The van der Waals surface area contributed by atoms with Gasteiger partial charge >= 0.3 is 5.97 Å². The van der Waals surface area contributed by atoms with Crippen LogP contribution in [0.3, 0.4) is 0 Å². The zero-order chi connectivity index (χ0) is 27.1. The molecule has 8 nitrogen and oxygen atoms in total. The van der Waals surface area contributed by atoms with Crippen LogP contribution in [0.15, 0.2) is 30.3 Å². The molecule has 39 heavy (non-hydrogen) atoms. The van der Waals surface area contributed by atoms with E-state index in [1.807, 2.05) is 18.2 Å². The van der Waals surface area contributed by atoms with Gasteiger partial charge in [-0.05, 0) is 92.4 Å². The third-order valence-corrected chi connectivity index (χ3v) is 7.72. The molecule has 2 atom stereocenters. The summed E-state index contributed by atoms with van der Waals surface area (Å²) in [7, 11) is 1.59. The smallest absolute Gasteiger partial charge is 0.305 e. The SMILES string of the molecule is COc1ccc(C(C)C)c(C(CC(=O)O)NC(=O)[C@@H]2CCCN(CCCc3ccc4c(n3)NCCC4)C2)c1.Cl. The van der Waals surface area contributed by atoms with Gasteiger partial charge in [-0.25, -0.2) is 4.98 Å². The number of ether oxygens (including phenoxy) is 1. The van der Waals surface area contributed by atoms with Crippen LogP contribution in [0.4, 0.5) is 5.82 Å². The van der Waals surface area contributed by atoms with Crippen molar-refractivity contribution in [2.45, 2.75) is 70.8 Å². The van der Waals surface area contributed by atoms with Crippen LogP contribution in [0.1, 0.15) is 80.3 Å². The van der Waals surface area contributed by atoms with Crippen molar-refractivity contribution < 1.29 is 19.4 Å². The minimum Gasteiger partial charge on any atom is -0.497 e. The number of aliphatic carboxylic acids is 1. The molecule has 2 aliphatic rings. The first-order chi connectivity index (χ1) is 18.3. The lowest BCUT2D eigenvalue weighted by molar-refractivity contribution is -0.138. The average molecular weight is 559 g/mol. The Morgan fingerprint density at radius 1 is 1.21 bits per heavy atom. The Morgan fingerprint density at radius 2 is 2.03 bits per heavy atom. The first-order valence-corrected chi connectivity index (χ1v) is 14.0. The lowest BCUT2D eigenvalue weighted by atomic mass is 9.90. The summed E-state index contributed by atoms with van der Waals surface area (Å²) in [5, 5.41) is 16.1. The summed E-state index contributed by atoms with van der Waals surface area (Å²) in [5.74, 6) is 0.719. The van der Waals surface area contributed by atoms with E-state index in [4.69, 9.17) is 9.72 Å². The molecule has 1 saturated heterocycles. The molecule has 1 unspecified atom stereocenters. The molecule has 9 heteroatoms. The number of carbonyl (C=O) groups excluding carboxylic acids is 1. The zero-order valence-corrected chi connectivity index (χ0v) is 24.2.